The first kappa shape index (κ1) is 19.7. The normalized spacial score (nSPS) is 11.5. The highest BCUT2D eigenvalue weighted by Crippen LogP contribution is 2.27. The van der Waals surface area contributed by atoms with Gasteiger partial charge in [-0.2, -0.15) is 0 Å². The van der Waals surface area contributed by atoms with Crippen molar-refractivity contribution in [2.75, 3.05) is 6.26 Å². The minimum Gasteiger partial charge on any atom is -0.481 e. The summed E-state index contributed by atoms with van der Waals surface area (Å²) in [5.74, 6) is -1.99. The fraction of sp³-hybridized carbons (Fsp3) is 0.143. The molecule has 28 heavy (non-hydrogen) atoms. The summed E-state index contributed by atoms with van der Waals surface area (Å²) in [6, 6.07) is 11.2. The van der Waals surface area contributed by atoms with Crippen molar-refractivity contribution in [3.8, 4) is 0 Å². The van der Waals surface area contributed by atoms with Crippen molar-refractivity contribution in [1.29, 1.82) is 0 Å². The topological polar surface area (TPSA) is 88.5 Å². The monoisotopic (exact) mass is 400 g/mol. The van der Waals surface area contributed by atoms with Crippen LogP contribution in [-0.2, 0) is 21.1 Å². The summed E-state index contributed by atoms with van der Waals surface area (Å²) in [5.41, 5.74) is 1.32. The number of fused-ring (bicyclic) bond motifs is 1. The first-order valence-corrected chi connectivity index (χ1v) is 10.2. The second-order valence-electron chi connectivity index (χ2n) is 6.66. The molecule has 0 heterocycles. The lowest BCUT2D eigenvalue weighted by Crippen LogP contribution is -2.08. The number of ketones is 1. The molecule has 0 bridgehead atoms. The van der Waals surface area contributed by atoms with E-state index in [4.69, 9.17) is 5.11 Å². The van der Waals surface area contributed by atoms with Crippen LogP contribution in [-0.4, -0.2) is 31.5 Å². The quantitative estimate of drug-likeness (QED) is 0.662. The average Bonchev–Trinajstić information content (AvgIpc) is 2.59. The number of carbonyl (C=O) groups is 2. The van der Waals surface area contributed by atoms with Crippen LogP contribution >= 0.6 is 0 Å². The molecule has 0 aromatic heterocycles. The summed E-state index contributed by atoms with van der Waals surface area (Å²) >= 11 is 0. The largest absolute Gasteiger partial charge is 0.481 e. The van der Waals surface area contributed by atoms with Crippen molar-refractivity contribution in [2.24, 2.45) is 0 Å². The van der Waals surface area contributed by atoms with E-state index in [2.05, 4.69) is 0 Å². The number of aryl methyl sites for hydroxylation is 1. The molecule has 0 atom stereocenters. The maximum Gasteiger partial charge on any atom is 0.307 e. The van der Waals surface area contributed by atoms with E-state index in [1.54, 1.807) is 13.0 Å². The van der Waals surface area contributed by atoms with E-state index in [-0.39, 0.29) is 22.4 Å². The van der Waals surface area contributed by atoms with Crippen LogP contribution in [0.1, 0.15) is 27.0 Å². The fourth-order valence-corrected chi connectivity index (χ4v) is 3.83. The van der Waals surface area contributed by atoms with Crippen molar-refractivity contribution in [1.82, 2.24) is 0 Å². The van der Waals surface area contributed by atoms with Crippen LogP contribution in [0, 0.1) is 12.7 Å². The van der Waals surface area contributed by atoms with E-state index in [1.165, 1.54) is 42.5 Å². The van der Waals surface area contributed by atoms with E-state index in [0.29, 0.717) is 21.9 Å². The number of benzene rings is 3. The number of rotatable bonds is 5. The number of halogens is 1. The summed E-state index contributed by atoms with van der Waals surface area (Å²) < 4.78 is 37.2. The van der Waals surface area contributed by atoms with Crippen molar-refractivity contribution in [3.63, 3.8) is 0 Å². The fourth-order valence-electron chi connectivity index (χ4n) is 3.12. The zero-order valence-corrected chi connectivity index (χ0v) is 16.0. The van der Waals surface area contributed by atoms with Gasteiger partial charge in [0.25, 0.3) is 0 Å². The van der Waals surface area contributed by atoms with Gasteiger partial charge in [0, 0.05) is 17.4 Å². The minimum atomic E-state index is -3.42. The highest BCUT2D eigenvalue weighted by molar-refractivity contribution is 7.90. The van der Waals surface area contributed by atoms with Crippen LogP contribution in [0.4, 0.5) is 4.39 Å². The molecule has 0 saturated carbocycles. The molecule has 3 rings (SSSR count). The molecule has 5 nitrogen and oxygen atoms in total. The smallest absolute Gasteiger partial charge is 0.307 e. The minimum absolute atomic E-state index is 0.0945. The Morgan fingerprint density at radius 1 is 1.00 bits per heavy atom. The summed E-state index contributed by atoms with van der Waals surface area (Å²) in [7, 11) is -3.42. The molecule has 144 valence electrons. The molecule has 0 saturated heterocycles. The molecule has 3 aromatic carbocycles. The highest BCUT2D eigenvalue weighted by atomic mass is 32.2. The number of hydrogen-bond donors (Lipinski definition) is 1. The third-order valence-corrected chi connectivity index (χ3v) is 5.56. The van der Waals surface area contributed by atoms with Gasteiger partial charge >= 0.3 is 5.97 Å². The summed E-state index contributed by atoms with van der Waals surface area (Å²) in [4.78, 5) is 24.4. The number of hydrogen-bond acceptors (Lipinski definition) is 4. The van der Waals surface area contributed by atoms with Gasteiger partial charge in [0.15, 0.2) is 15.6 Å². The van der Waals surface area contributed by atoms with E-state index >= 15 is 0 Å². The van der Waals surface area contributed by atoms with Crippen LogP contribution in [0.2, 0.25) is 0 Å². The molecule has 0 unspecified atom stereocenters. The molecule has 0 aliphatic carbocycles. The maximum absolute atomic E-state index is 13.8. The Bertz CT molecular complexity index is 1230. The summed E-state index contributed by atoms with van der Waals surface area (Å²) in [6.45, 7) is 1.62. The van der Waals surface area contributed by atoms with Gasteiger partial charge in [0.2, 0.25) is 0 Å². The van der Waals surface area contributed by atoms with Crippen LogP contribution in [0.25, 0.3) is 10.8 Å². The lowest BCUT2D eigenvalue weighted by atomic mass is 9.92. The van der Waals surface area contributed by atoms with Gasteiger partial charge < -0.3 is 5.11 Å². The third kappa shape index (κ3) is 3.94. The lowest BCUT2D eigenvalue weighted by molar-refractivity contribution is -0.136. The van der Waals surface area contributed by atoms with Gasteiger partial charge in [-0.15, -0.1) is 0 Å². The van der Waals surface area contributed by atoms with Gasteiger partial charge in [0.1, 0.15) is 5.82 Å². The standard InChI is InChI=1S/C21H17FO5S/c1-12-7-16(28(2,26)27)5-6-17(12)21(25)19-9-13(10-20(23)24)8-14-3-4-15(22)11-18(14)19/h3-9,11H,10H2,1-2H3,(H,23,24). The number of carboxylic acids is 1. The van der Waals surface area contributed by atoms with E-state index in [9.17, 15) is 22.4 Å². The van der Waals surface area contributed by atoms with Gasteiger partial charge in [-0.05, 0) is 65.2 Å². The first-order valence-electron chi connectivity index (χ1n) is 8.35. The molecule has 0 spiro atoms. The Labute approximate surface area is 161 Å². The summed E-state index contributed by atoms with van der Waals surface area (Å²) in [5, 5.41) is 10.00. The van der Waals surface area contributed by atoms with Gasteiger partial charge in [-0.1, -0.05) is 12.1 Å². The van der Waals surface area contributed by atoms with E-state index in [1.807, 2.05) is 0 Å². The Balaban J connectivity index is 2.20. The highest BCUT2D eigenvalue weighted by Gasteiger charge is 2.19. The van der Waals surface area contributed by atoms with Gasteiger partial charge in [-0.3, -0.25) is 9.59 Å². The second kappa shape index (κ2) is 7.16. The maximum atomic E-state index is 13.8. The van der Waals surface area contributed by atoms with Gasteiger partial charge in [-0.25, -0.2) is 12.8 Å². The van der Waals surface area contributed by atoms with Crippen LogP contribution in [0.3, 0.4) is 0 Å². The number of sulfone groups is 1. The zero-order valence-electron chi connectivity index (χ0n) is 15.2. The molecule has 1 N–H and O–H groups in total. The third-order valence-electron chi connectivity index (χ3n) is 4.45. The summed E-state index contributed by atoms with van der Waals surface area (Å²) in [6.07, 6.45) is 0.800. The molecular weight excluding hydrogens is 383 g/mol. The average molecular weight is 400 g/mol. The predicted octanol–water partition coefficient (Wildman–Crippen LogP) is 3.55. The number of carboxylic acid groups (broad SMARTS) is 1. The molecule has 3 aromatic rings. The Morgan fingerprint density at radius 2 is 1.71 bits per heavy atom. The predicted molar refractivity (Wildman–Crippen MR) is 103 cm³/mol. The van der Waals surface area contributed by atoms with E-state index < -0.39 is 27.4 Å². The molecule has 0 aliphatic rings. The van der Waals surface area contributed by atoms with Crippen molar-refractivity contribution in [2.45, 2.75) is 18.2 Å². The van der Waals surface area contributed by atoms with Crippen molar-refractivity contribution in [3.05, 3.63) is 76.6 Å². The van der Waals surface area contributed by atoms with E-state index in [0.717, 1.165) is 6.26 Å². The molecule has 0 fully saturated rings. The number of carbonyl (C=O) groups excluding carboxylic acids is 1. The molecule has 0 amide bonds. The molecule has 7 heteroatoms. The van der Waals surface area contributed by atoms with Crippen LogP contribution in [0.5, 0.6) is 0 Å². The zero-order chi connectivity index (χ0) is 20.6. The van der Waals surface area contributed by atoms with Gasteiger partial charge in [0.05, 0.1) is 11.3 Å². The van der Waals surface area contributed by atoms with Crippen LogP contribution in [0.15, 0.2) is 53.4 Å². The SMILES string of the molecule is Cc1cc(S(C)(=O)=O)ccc1C(=O)c1cc(CC(=O)O)cc2ccc(F)cc12. The van der Waals surface area contributed by atoms with Crippen molar-refractivity contribution >= 4 is 32.4 Å². The Morgan fingerprint density at radius 3 is 2.32 bits per heavy atom. The number of aliphatic carboxylic acids is 1. The molecular formula is C21H17FO5S. The Kier molecular flexibility index (Phi) is 5.04. The van der Waals surface area contributed by atoms with Crippen molar-refractivity contribution < 1.29 is 27.5 Å². The lowest BCUT2D eigenvalue weighted by Gasteiger charge is -2.12. The first-order chi connectivity index (χ1) is 13.1. The molecule has 0 aliphatic heterocycles. The van der Waals surface area contributed by atoms with Crippen LogP contribution < -0.4 is 0 Å². The second-order valence-corrected chi connectivity index (χ2v) is 8.67. The molecule has 0 radical (unpaired) electrons. The Hall–Kier alpha value is -3.06.